The molecular weight excluding hydrogens is 300 g/mol. The Balaban J connectivity index is 1.56. The zero-order chi connectivity index (χ0) is 15.5. The highest BCUT2D eigenvalue weighted by Gasteiger charge is 2.35. The van der Waals surface area contributed by atoms with Crippen LogP contribution < -0.4 is 0 Å². The lowest BCUT2D eigenvalue weighted by molar-refractivity contribution is -0.128. The molecule has 4 heterocycles. The monoisotopic (exact) mass is 324 g/mol. The minimum absolute atomic E-state index is 0.191. The maximum atomic E-state index is 12.5. The summed E-state index contributed by atoms with van der Waals surface area (Å²) >= 11 is 1.34. The van der Waals surface area contributed by atoms with Crippen LogP contribution in [0.15, 0.2) is 9.64 Å². The molecule has 0 N–H and O–H groups in total. The Morgan fingerprint density at radius 3 is 2.91 bits per heavy atom. The van der Waals surface area contributed by atoms with Crippen molar-refractivity contribution in [1.82, 2.24) is 20.0 Å². The first-order valence-corrected chi connectivity index (χ1v) is 9.09. The fourth-order valence-electron chi connectivity index (χ4n) is 3.50. The quantitative estimate of drug-likeness (QED) is 0.770. The van der Waals surface area contributed by atoms with Crippen LogP contribution in [0.25, 0.3) is 0 Å². The molecule has 1 aromatic rings. The first kappa shape index (κ1) is 15.8. The predicted octanol–water partition coefficient (Wildman–Crippen LogP) is 1.80. The fourth-order valence-corrected chi connectivity index (χ4v) is 4.20. The zero-order valence-electron chi connectivity index (χ0n) is 13.3. The smallest absolute Gasteiger partial charge is 0.277 e. The van der Waals surface area contributed by atoms with Crippen LogP contribution in [0.4, 0.5) is 0 Å². The lowest BCUT2D eigenvalue weighted by atomic mass is 9.95. The highest BCUT2D eigenvalue weighted by Crippen LogP contribution is 2.28. The Kier molecular flexibility index (Phi) is 5.03. The third-order valence-corrected chi connectivity index (χ3v) is 5.32. The predicted molar refractivity (Wildman–Crippen MR) is 84.7 cm³/mol. The van der Waals surface area contributed by atoms with E-state index in [1.54, 1.807) is 6.92 Å². The Morgan fingerprint density at radius 1 is 1.32 bits per heavy atom. The molecular formula is C15H24N4O2S. The van der Waals surface area contributed by atoms with Crippen molar-refractivity contribution in [1.29, 1.82) is 0 Å². The Hall–Kier alpha value is -1.08. The number of piperidine rings is 1. The van der Waals surface area contributed by atoms with Crippen molar-refractivity contribution in [2.45, 2.75) is 44.4 Å². The van der Waals surface area contributed by atoms with Crippen LogP contribution in [0.5, 0.6) is 0 Å². The van der Waals surface area contributed by atoms with Crippen LogP contribution in [0.2, 0.25) is 0 Å². The second-order valence-corrected chi connectivity index (χ2v) is 7.19. The molecule has 2 bridgehead atoms. The van der Waals surface area contributed by atoms with E-state index in [2.05, 4.69) is 22.0 Å². The van der Waals surface area contributed by atoms with Gasteiger partial charge in [0.2, 0.25) is 11.8 Å². The van der Waals surface area contributed by atoms with Gasteiger partial charge in [-0.2, -0.15) is 0 Å². The average molecular weight is 324 g/mol. The lowest BCUT2D eigenvalue weighted by Crippen LogP contribution is -2.44. The summed E-state index contributed by atoms with van der Waals surface area (Å²) in [5.74, 6) is 1.74. The number of aromatic nitrogens is 2. The van der Waals surface area contributed by atoms with E-state index >= 15 is 0 Å². The first-order valence-electron chi connectivity index (χ1n) is 8.10. The van der Waals surface area contributed by atoms with E-state index in [-0.39, 0.29) is 5.91 Å². The highest BCUT2D eigenvalue weighted by atomic mass is 32.2. The summed E-state index contributed by atoms with van der Waals surface area (Å²) in [6, 6.07) is 0.540. The van der Waals surface area contributed by atoms with E-state index in [0.29, 0.717) is 28.8 Å². The fraction of sp³-hybridized carbons (Fsp3) is 0.800. The van der Waals surface area contributed by atoms with Crippen LogP contribution in [0, 0.1) is 12.8 Å². The van der Waals surface area contributed by atoms with E-state index in [9.17, 15) is 4.79 Å². The van der Waals surface area contributed by atoms with Gasteiger partial charge in [0.05, 0.1) is 5.75 Å². The molecule has 3 saturated heterocycles. The lowest BCUT2D eigenvalue weighted by Gasteiger charge is -2.35. The van der Waals surface area contributed by atoms with Crippen LogP contribution in [0.3, 0.4) is 0 Å². The number of thioether (sulfide) groups is 1. The Bertz CT molecular complexity index is 521. The molecule has 3 aliphatic heterocycles. The summed E-state index contributed by atoms with van der Waals surface area (Å²) in [5, 5.41) is 8.20. The number of nitrogens with zero attached hydrogens (tertiary/aromatic N) is 4. The minimum Gasteiger partial charge on any atom is -0.416 e. The topological polar surface area (TPSA) is 62.5 Å². The molecule has 1 aromatic heterocycles. The Morgan fingerprint density at radius 2 is 2.18 bits per heavy atom. The molecule has 1 amide bonds. The van der Waals surface area contributed by atoms with Gasteiger partial charge in [-0.05, 0) is 31.7 Å². The molecule has 0 unspecified atom stereocenters. The second-order valence-electron chi connectivity index (χ2n) is 6.27. The van der Waals surface area contributed by atoms with Crippen LogP contribution in [0.1, 0.15) is 32.1 Å². The molecule has 2 atom stereocenters. The molecule has 4 rings (SSSR count). The second kappa shape index (κ2) is 7.00. The van der Waals surface area contributed by atoms with Gasteiger partial charge in [0.1, 0.15) is 0 Å². The van der Waals surface area contributed by atoms with E-state index < -0.39 is 0 Å². The molecule has 0 spiro atoms. The summed E-state index contributed by atoms with van der Waals surface area (Å²) < 4.78 is 5.31. The summed E-state index contributed by atoms with van der Waals surface area (Å²) in [5.41, 5.74) is 0. The van der Waals surface area contributed by atoms with Gasteiger partial charge in [0.15, 0.2) is 0 Å². The average Bonchev–Trinajstić information content (AvgIpc) is 2.72. The molecule has 0 aliphatic carbocycles. The third kappa shape index (κ3) is 3.63. The molecule has 22 heavy (non-hydrogen) atoms. The number of carbonyl (C=O) groups is 1. The standard InChI is InChI=1S/C15H24N4O2S/c1-3-6-18-7-12-4-5-13(18)9-19(8-12)14(20)10-22-15-17-16-11(2)21-15/h12-13H,3-10H2,1-2H3/t12-,13-/m1/s1. The van der Waals surface area contributed by atoms with E-state index in [1.165, 1.54) is 31.0 Å². The van der Waals surface area contributed by atoms with Crippen molar-refractivity contribution in [3.63, 3.8) is 0 Å². The van der Waals surface area contributed by atoms with Crippen molar-refractivity contribution in [2.75, 3.05) is 31.9 Å². The van der Waals surface area contributed by atoms with Gasteiger partial charge >= 0.3 is 0 Å². The maximum absolute atomic E-state index is 12.5. The van der Waals surface area contributed by atoms with Gasteiger partial charge in [-0.25, -0.2) is 0 Å². The number of aryl methyl sites for hydroxylation is 1. The van der Waals surface area contributed by atoms with Crippen molar-refractivity contribution >= 4 is 17.7 Å². The number of fused-ring (bicyclic) bond motifs is 4. The molecule has 6 nitrogen and oxygen atoms in total. The van der Waals surface area contributed by atoms with Crippen LogP contribution >= 0.6 is 11.8 Å². The minimum atomic E-state index is 0.191. The molecule has 0 aromatic carbocycles. The van der Waals surface area contributed by atoms with Crippen molar-refractivity contribution in [3.05, 3.63) is 5.89 Å². The van der Waals surface area contributed by atoms with Gasteiger partial charge in [-0.1, -0.05) is 18.7 Å². The largest absolute Gasteiger partial charge is 0.416 e. The van der Waals surface area contributed by atoms with Gasteiger partial charge in [-0.15, -0.1) is 10.2 Å². The van der Waals surface area contributed by atoms with Crippen molar-refractivity contribution < 1.29 is 9.21 Å². The highest BCUT2D eigenvalue weighted by molar-refractivity contribution is 7.99. The summed E-state index contributed by atoms with van der Waals surface area (Å²) in [6.07, 6.45) is 3.67. The molecule has 7 heteroatoms. The number of amides is 1. The third-order valence-electron chi connectivity index (χ3n) is 4.52. The zero-order valence-corrected chi connectivity index (χ0v) is 14.1. The summed E-state index contributed by atoms with van der Waals surface area (Å²) in [6.45, 7) is 8.06. The number of carbonyl (C=O) groups excluding carboxylic acids is 1. The summed E-state index contributed by atoms with van der Waals surface area (Å²) in [7, 11) is 0. The number of hydrogen-bond acceptors (Lipinski definition) is 6. The van der Waals surface area contributed by atoms with Gasteiger partial charge in [0, 0.05) is 32.6 Å². The van der Waals surface area contributed by atoms with Gasteiger partial charge in [0.25, 0.3) is 5.22 Å². The van der Waals surface area contributed by atoms with Crippen molar-refractivity contribution in [2.24, 2.45) is 5.92 Å². The molecule has 3 fully saturated rings. The molecule has 0 saturated carbocycles. The normalized spacial score (nSPS) is 25.5. The molecule has 3 aliphatic rings. The van der Waals surface area contributed by atoms with E-state index in [4.69, 9.17) is 4.42 Å². The first-order chi connectivity index (χ1) is 10.7. The van der Waals surface area contributed by atoms with Gasteiger partial charge < -0.3 is 9.32 Å². The number of rotatable bonds is 5. The van der Waals surface area contributed by atoms with Crippen LogP contribution in [-0.4, -0.2) is 63.9 Å². The Labute approximate surface area is 135 Å². The summed E-state index contributed by atoms with van der Waals surface area (Å²) in [4.78, 5) is 17.1. The SMILES string of the molecule is CCCN1C[C@H]2CC[C@@H]1CN(C(=O)CSc1nnc(C)o1)C2. The maximum Gasteiger partial charge on any atom is 0.277 e. The molecule has 122 valence electrons. The van der Waals surface area contributed by atoms with E-state index in [1.807, 2.05) is 4.90 Å². The number of hydrogen-bond donors (Lipinski definition) is 0. The van der Waals surface area contributed by atoms with Crippen molar-refractivity contribution in [3.8, 4) is 0 Å². The van der Waals surface area contributed by atoms with E-state index in [0.717, 1.165) is 26.2 Å². The van der Waals surface area contributed by atoms with Gasteiger partial charge in [-0.3, -0.25) is 9.69 Å². The molecule has 0 radical (unpaired) electrons. The van der Waals surface area contributed by atoms with Crippen LogP contribution in [-0.2, 0) is 4.79 Å².